The third kappa shape index (κ3) is 2.96. The van der Waals surface area contributed by atoms with Gasteiger partial charge in [0, 0.05) is 12.7 Å². The van der Waals surface area contributed by atoms with Crippen LogP contribution in [-0.2, 0) is 4.74 Å². The van der Waals surface area contributed by atoms with Crippen LogP contribution in [0.25, 0.3) is 6.08 Å². The number of nitrogens with one attached hydrogen (secondary N) is 1. The number of H-pyrrole nitrogens is 1. The maximum absolute atomic E-state index is 11.8. The smallest absolute Gasteiger partial charge is 0.330 e. The van der Waals surface area contributed by atoms with Gasteiger partial charge in [0.05, 0.1) is 12.2 Å². The van der Waals surface area contributed by atoms with E-state index in [0.29, 0.717) is 0 Å². The van der Waals surface area contributed by atoms with Crippen LogP contribution < -0.4 is 17.0 Å². The van der Waals surface area contributed by atoms with Crippen LogP contribution in [-0.4, -0.2) is 56.3 Å². The molecule has 9 heteroatoms. The van der Waals surface area contributed by atoms with Crippen molar-refractivity contribution in [1.29, 1.82) is 0 Å². The third-order valence-corrected chi connectivity index (χ3v) is 3.22. The topological polar surface area (TPSA) is 151 Å². The van der Waals surface area contributed by atoms with Crippen LogP contribution in [0.1, 0.15) is 11.8 Å². The quantitative estimate of drug-likeness (QED) is 0.400. The monoisotopic (exact) mass is 299 g/mol. The van der Waals surface area contributed by atoms with Gasteiger partial charge in [-0.05, 0) is 0 Å². The van der Waals surface area contributed by atoms with E-state index >= 15 is 0 Å². The first-order valence-electron chi connectivity index (χ1n) is 6.34. The average Bonchev–Trinajstić information content (AvgIpc) is 2.74. The molecule has 0 bridgehead atoms. The second-order valence-electron chi connectivity index (χ2n) is 4.62. The van der Waals surface area contributed by atoms with E-state index < -0.39 is 42.4 Å². The molecule has 1 aliphatic heterocycles. The van der Waals surface area contributed by atoms with Gasteiger partial charge in [-0.2, -0.15) is 0 Å². The van der Waals surface area contributed by atoms with E-state index in [1.54, 1.807) is 0 Å². The van der Waals surface area contributed by atoms with Crippen LogP contribution >= 0.6 is 0 Å². The Morgan fingerprint density at radius 3 is 2.67 bits per heavy atom. The number of rotatable bonds is 4. The zero-order valence-corrected chi connectivity index (χ0v) is 11.0. The number of ether oxygens (including phenoxy) is 1. The average molecular weight is 299 g/mol. The number of aromatic nitrogens is 2. The van der Waals surface area contributed by atoms with Crippen LogP contribution in [0.4, 0.5) is 0 Å². The summed E-state index contributed by atoms with van der Waals surface area (Å²) in [4.78, 5) is 25.5. The molecule has 0 saturated carbocycles. The van der Waals surface area contributed by atoms with Gasteiger partial charge in [0.2, 0.25) is 0 Å². The second-order valence-corrected chi connectivity index (χ2v) is 4.62. The largest absolute Gasteiger partial charge is 0.394 e. The standard InChI is InChI=1S/C12H17N3O6/c13-3-1-2-6-4-15(12(20)14-10(6)19)11-9(18)8(17)7(5-16)21-11/h1-2,4,7-9,11,16-18H,3,5,13H2,(H,14,19,20)/t7-,8?,9?,11-/m0/s1. The summed E-state index contributed by atoms with van der Waals surface area (Å²) < 4.78 is 6.20. The van der Waals surface area contributed by atoms with Crippen molar-refractivity contribution in [1.82, 2.24) is 9.55 Å². The van der Waals surface area contributed by atoms with Gasteiger partial charge in [-0.15, -0.1) is 0 Å². The molecule has 6 N–H and O–H groups in total. The van der Waals surface area contributed by atoms with Gasteiger partial charge in [-0.3, -0.25) is 14.3 Å². The number of aliphatic hydroxyl groups excluding tert-OH is 3. The molecule has 2 unspecified atom stereocenters. The molecule has 1 saturated heterocycles. The highest BCUT2D eigenvalue weighted by Crippen LogP contribution is 2.27. The van der Waals surface area contributed by atoms with Crippen molar-refractivity contribution in [3.8, 4) is 0 Å². The molecule has 0 aromatic carbocycles. The highest BCUT2D eigenvalue weighted by Gasteiger charge is 2.43. The summed E-state index contributed by atoms with van der Waals surface area (Å²) in [6.45, 7) is -0.292. The first-order valence-corrected chi connectivity index (χ1v) is 6.34. The fourth-order valence-electron chi connectivity index (χ4n) is 2.11. The highest BCUT2D eigenvalue weighted by molar-refractivity contribution is 5.46. The van der Waals surface area contributed by atoms with Gasteiger partial charge in [0.15, 0.2) is 6.23 Å². The molecule has 1 aromatic heterocycles. The van der Waals surface area contributed by atoms with Crippen molar-refractivity contribution in [2.75, 3.05) is 13.2 Å². The predicted octanol–water partition coefficient (Wildman–Crippen LogP) is -2.88. The Morgan fingerprint density at radius 2 is 2.10 bits per heavy atom. The Morgan fingerprint density at radius 1 is 1.38 bits per heavy atom. The number of nitrogens with zero attached hydrogens (tertiary/aromatic N) is 1. The van der Waals surface area contributed by atoms with Crippen molar-refractivity contribution in [2.24, 2.45) is 5.73 Å². The SMILES string of the molecule is NCC=Cc1cn([C@H]2O[C@@H](CO)C(O)C2O)c(=O)[nH]c1=O. The molecule has 1 fully saturated rings. The number of nitrogens with two attached hydrogens (primary N) is 1. The Hall–Kier alpha value is -1.78. The van der Waals surface area contributed by atoms with Gasteiger partial charge in [0.1, 0.15) is 18.3 Å². The van der Waals surface area contributed by atoms with Gasteiger partial charge >= 0.3 is 5.69 Å². The van der Waals surface area contributed by atoms with E-state index in [2.05, 4.69) is 4.98 Å². The first kappa shape index (κ1) is 15.6. The lowest BCUT2D eigenvalue weighted by Crippen LogP contribution is -2.38. The van der Waals surface area contributed by atoms with Crippen molar-refractivity contribution in [3.05, 3.63) is 38.7 Å². The van der Waals surface area contributed by atoms with E-state index in [-0.39, 0.29) is 12.1 Å². The maximum Gasteiger partial charge on any atom is 0.330 e. The van der Waals surface area contributed by atoms with Gasteiger partial charge in [-0.1, -0.05) is 12.2 Å². The Bertz CT molecular complexity index is 637. The summed E-state index contributed by atoms with van der Waals surface area (Å²) >= 11 is 0. The van der Waals surface area contributed by atoms with Gasteiger partial charge in [0.25, 0.3) is 5.56 Å². The van der Waals surface area contributed by atoms with E-state index in [0.717, 1.165) is 4.57 Å². The molecule has 2 heterocycles. The van der Waals surface area contributed by atoms with E-state index in [1.165, 1.54) is 18.3 Å². The van der Waals surface area contributed by atoms with Crippen LogP contribution in [0.2, 0.25) is 0 Å². The number of aliphatic hydroxyl groups is 3. The lowest BCUT2D eigenvalue weighted by Gasteiger charge is -2.17. The molecule has 9 nitrogen and oxygen atoms in total. The summed E-state index contributed by atoms with van der Waals surface area (Å²) in [6.07, 6.45) is -0.794. The second kappa shape index (κ2) is 6.33. The summed E-state index contributed by atoms with van der Waals surface area (Å²) in [7, 11) is 0. The zero-order chi connectivity index (χ0) is 15.6. The van der Waals surface area contributed by atoms with Gasteiger partial charge < -0.3 is 25.8 Å². The van der Waals surface area contributed by atoms with Gasteiger partial charge in [-0.25, -0.2) is 4.79 Å². The molecule has 116 valence electrons. The Labute approximate surface area is 118 Å². The molecule has 0 aliphatic carbocycles. The third-order valence-electron chi connectivity index (χ3n) is 3.22. The summed E-state index contributed by atoms with van der Waals surface area (Å²) in [5.41, 5.74) is 4.05. The number of hydrogen-bond donors (Lipinski definition) is 5. The molecule has 21 heavy (non-hydrogen) atoms. The normalized spacial score (nSPS) is 29.3. The minimum Gasteiger partial charge on any atom is -0.394 e. The summed E-state index contributed by atoms with van der Waals surface area (Å²) in [5, 5.41) is 28.6. The van der Waals surface area contributed by atoms with Crippen LogP contribution in [0.3, 0.4) is 0 Å². The number of hydrogen-bond acceptors (Lipinski definition) is 7. The van der Waals surface area contributed by atoms with Crippen molar-refractivity contribution in [3.63, 3.8) is 0 Å². The van der Waals surface area contributed by atoms with Crippen molar-refractivity contribution in [2.45, 2.75) is 24.5 Å². The molecular formula is C12H17N3O6. The Balaban J connectivity index is 2.42. The molecule has 0 spiro atoms. The molecule has 0 amide bonds. The molecule has 4 atom stereocenters. The van der Waals surface area contributed by atoms with Crippen LogP contribution in [0.5, 0.6) is 0 Å². The maximum atomic E-state index is 11.8. The number of aromatic amines is 1. The summed E-state index contributed by atoms with van der Waals surface area (Å²) in [6, 6.07) is 0. The van der Waals surface area contributed by atoms with Crippen molar-refractivity contribution >= 4 is 6.08 Å². The lowest BCUT2D eigenvalue weighted by molar-refractivity contribution is -0.0550. The van der Waals surface area contributed by atoms with Crippen LogP contribution in [0.15, 0.2) is 21.9 Å². The van der Waals surface area contributed by atoms with E-state index in [1.807, 2.05) is 0 Å². The fourth-order valence-corrected chi connectivity index (χ4v) is 2.11. The first-order chi connectivity index (χ1) is 9.99. The minimum atomic E-state index is -1.41. The molecule has 1 aromatic rings. The van der Waals surface area contributed by atoms with E-state index in [4.69, 9.17) is 15.6 Å². The molecule has 1 aliphatic rings. The fraction of sp³-hybridized carbons (Fsp3) is 0.500. The Kier molecular flexibility index (Phi) is 4.70. The minimum absolute atomic E-state index is 0.151. The van der Waals surface area contributed by atoms with Crippen molar-refractivity contribution < 1.29 is 20.1 Å². The van der Waals surface area contributed by atoms with E-state index in [9.17, 15) is 19.8 Å². The molecule has 0 radical (unpaired) electrons. The van der Waals surface area contributed by atoms with Crippen LogP contribution in [0, 0.1) is 0 Å². The summed E-state index contributed by atoms with van der Waals surface area (Å²) in [5.74, 6) is 0. The molecular weight excluding hydrogens is 282 g/mol. The highest BCUT2D eigenvalue weighted by atomic mass is 16.6. The lowest BCUT2D eigenvalue weighted by atomic mass is 10.1. The predicted molar refractivity (Wildman–Crippen MR) is 72.4 cm³/mol. The zero-order valence-electron chi connectivity index (χ0n) is 11.0. The molecule has 2 rings (SSSR count).